The molecule has 0 aromatic heterocycles. The van der Waals surface area contributed by atoms with Gasteiger partial charge >= 0.3 is 0 Å². The van der Waals surface area contributed by atoms with Gasteiger partial charge in [0.2, 0.25) is 11.8 Å². The first-order valence-electron chi connectivity index (χ1n) is 8.33. The van der Waals surface area contributed by atoms with Crippen molar-refractivity contribution < 1.29 is 18.7 Å². The van der Waals surface area contributed by atoms with Crippen LogP contribution in [0.4, 0.5) is 4.39 Å². The monoisotopic (exact) mass is 465 g/mol. The van der Waals surface area contributed by atoms with E-state index in [1.807, 2.05) is 12.1 Å². The third-order valence-corrected chi connectivity index (χ3v) is 5.37. The van der Waals surface area contributed by atoms with Crippen molar-refractivity contribution in [2.75, 3.05) is 0 Å². The van der Waals surface area contributed by atoms with E-state index in [0.717, 1.165) is 15.6 Å². The van der Waals surface area contributed by atoms with Crippen LogP contribution in [-0.4, -0.2) is 22.0 Å². The highest BCUT2D eigenvalue weighted by molar-refractivity contribution is 9.10. The van der Waals surface area contributed by atoms with E-state index < -0.39 is 5.37 Å². The maximum absolute atomic E-state index is 13.1. The molecule has 6 nitrogen and oxygen atoms in total. The molecule has 1 aliphatic rings. The number of carbonyl (C=O) groups is 2. The number of nitrogens with zero attached hydrogens (tertiary/aromatic N) is 2. The van der Waals surface area contributed by atoms with Gasteiger partial charge in [0.25, 0.3) is 0 Å². The number of hydrogen-bond donors (Lipinski definition) is 1. The maximum Gasteiger partial charge on any atom is 0.241 e. The third-order valence-electron chi connectivity index (χ3n) is 3.80. The van der Waals surface area contributed by atoms with E-state index in [9.17, 15) is 14.0 Å². The van der Waals surface area contributed by atoms with Gasteiger partial charge in [-0.15, -0.1) is 5.10 Å². The van der Waals surface area contributed by atoms with Crippen molar-refractivity contribution in [2.45, 2.75) is 25.8 Å². The highest BCUT2D eigenvalue weighted by Gasteiger charge is 2.34. The summed E-state index contributed by atoms with van der Waals surface area (Å²) in [5, 5.41) is 7.99. The molecular formula is C19H17BrFN3O3S. The van der Waals surface area contributed by atoms with Gasteiger partial charge in [-0.05, 0) is 35.9 Å². The molecule has 0 saturated heterocycles. The summed E-state index contributed by atoms with van der Waals surface area (Å²) in [6, 6.07) is 11.5. The van der Waals surface area contributed by atoms with Crippen LogP contribution in [0.5, 0.6) is 5.75 Å². The Hall–Kier alpha value is -2.39. The fourth-order valence-electron chi connectivity index (χ4n) is 2.55. The average Bonchev–Trinajstić information content (AvgIpc) is 3.05. The molecule has 146 valence electrons. The summed E-state index contributed by atoms with van der Waals surface area (Å²) in [6.45, 7) is 3.03. The first-order chi connectivity index (χ1) is 13.3. The Morgan fingerprint density at radius 2 is 1.96 bits per heavy atom. The van der Waals surface area contributed by atoms with Crippen molar-refractivity contribution in [1.29, 1.82) is 0 Å². The van der Waals surface area contributed by atoms with Crippen LogP contribution in [0, 0.1) is 5.82 Å². The van der Waals surface area contributed by atoms with Crippen LogP contribution in [0.1, 0.15) is 30.3 Å². The van der Waals surface area contributed by atoms with E-state index in [0.29, 0.717) is 10.9 Å². The molecular weight excluding hydrogens is 449 g/mol. The van der Waals surface area contributed by atoms with Crippen LogP contribution in [-0.2, 0) is 16.2 Å². The molecule has 0 unspecified atom stereocenters. The summed E-state index contributed by atoms with van der Waals surface area (Å²) in [6.07, 6.45) is 0. The van der Waals surface area contributed by atoms with Crippen LogP contribution in [0.15, 0.2) is 52.0 Å². The van der Waals surface area contributed by atoms with Crippen LogP contribution < -0.4 is 10.1 Å². The second-order valence-corrected chi connectivity index (χ2v) is 8.00. The molecule has 3 rings (SSSR count). The highest BCUT2D eigenvalue weighted by Crippen LogP contribution is 2.43. The first-order valence-corrected chi connectivity index (χ1v) is 10.00. The predicted molar refractivity (Wildman–Crippen MR) is 109 cm³/mol. The summed E-state index contributed by atoms with van der Waals surface area (Å²) in [4.78, 5) is 23.4. The molecule has 1 aliphatic heterocycles. The molecule has 0 aliphatic carbocycles. The normalized spacial score (nSPS) is 15.9. The second kappa shape index (κ2) is 8.74. The van der Waals surface area contributed by atoms with Crippen molar-refractivity contribution in [3.05, 3.63) is 63.9 Å². The fraction of sp³-hybridized carbons (Fsp3) is 0.211. The SMILES string of the molecule is CC(=O)NC1=NN(C(C)=O)[C@@H](c2cc(Br)ccc2OCc2ccc(F)cc2)S1. The number of hydrazone groups is 1. The standard InChI is InChI=1S/C19H17BrFN3O3S/c1-11(25)22-19-23-24(12(2)26)18(28-19)16-9-14(20)5-8-17(16)27-10-13-3-6-15(21)7-4-13/h3-9,18H,10H2,1-2H3,(H,22,23,25)/t18-/m1/s1. The Bertz CT molecular complexity index is 937. The zero-order valence-electron chi connectivity index (χ0n) is 15.1. The van der Waals surface area contributed by atoms with Crippen LogP contribution in [0.2, 0.25) is 0 Å². The Morgan fingerprint density at radius 3 is 2.61 bits per heavy atom. The topological polar surface area (TPSA) is 71.0 Å². The van der Waals surface area contributed by atoms with E-state index in [2.05, 4.69) is 26.3 Å². The number of benzene rings is 2. The summed E-state index contributed by atoms with van der Waals surface area (Å²) in [5.41, 5.74) is 1.54. The number of carbonyl (C=O) groups excluding carboxylic acids is 2. The number of halogens is 2. The van der Waals surface area contributed by atoms with Gasteiger partial charge in [-0.3, -0.25) is 9.59 Å². The molecule has 1 atom stereocenters. The van der Waals surface area contributed by atoms with E-state index in [-0.39, 0.29) is 24.2 Å². The van der Waals surface area contributed by atoms with Crippen LogP contribution >= 0.6 is 27.7 Å². The minimum atomic E-state index is -0.486. The molecule has 1 heterocycles. The summed E-state index contributed by atoms with van der Waals surface area (Å²) >= 11 is 4.69. The molecule has 0 fully saturated rings. The zero-order valence-corrected chi connectivity index (χ0v) is 17.5. The van der Waals surface area contributed by atoms with Gasteiger partial charge in [0.15, 0.2) is 5.17 Å². The number of nitrogens with one attached hydrogen (secondary N) is 1. The Balaban J connectivity index is 1.86. The number of rotatable bonds is 4. The molecule has 2 amide bonds. The molecule has 0 spiro atoms. The van der Waals surface area contributed by atoms with Gasteiger partial charge in [0.05, 0.1) is 0 Å². The van der Waals surface area contributed by atoms with Crippen LogP contribution in [0.25, 0.3) is 0 Å². The molecule has 9 heteroatoms. The van der Waals surface area contributed by atoms with Gasteiger partial charge in [0.1, 0.15) is 23.5 Å². The lowest BCUT2D eigenvalue weighted by molar-refractivity contribution is -0.129. The third kappa shape index (κ3) is 4.90. The first kappa shape index (κ1) is 20.3. The highest BCUT2D eigenvalue weighted by atomic mass is 79.9. The number of ether oxygens (including phenoxy) is 1. The number of amidine groups is 1. The van der Waals surface area contributed by atoms with Crippen molar-refractivity contribution in [3.8, 4) is 5.75 Å². The lowest BCUT2D eigenvalue weighted by Crippen LogP contribution is -2.25. The minimum absolute atomic E-state index is 0.242. The molecule has 28 heavy (non-hydrogen) atoms. The lowest BCUT2D eigenvalue weighted by atomic mass is 10.2. The van der Waals surface area contributed by atoms with Crippen molar-refractivity contribution in [1.82, 2.24) is 10.3 Å². The zero-order chi connectivity index (χ0) is 20.3. The lowest BCUT2D eigenvalue weighted by Gasteiger charge is -2.22. The van der Waals surface area contributed by atoms with E-state index in [1.165, 1.54) is 42.8 Å². The molecule has 2 aromatic carbocycles. The summed E-state index contributed by atoms with van der Waals surface area (Å²) in [7, 11) is 0. The van der Waals surface area contributed by atoms with Crippen LogP contribution in [0.3, 0.4) is 0 Å². The van der Waals surface area contributed by atoms with E-state index in [4.69, 9.17) is 4.74 Å². The molecule has 0 bridgehead atoms. The van der Waals surface area contributed by atoms with Crippen molar-refractivity contribution >= 4 is 44.7 Å². The fourth-order valence-corrected chi connectivity index (χ4v) is 4.09. The van der Waals surface area contributed by atoms with Crippen molar-refractivity contribution in [2.24, 2.45) is 5.10 Å². The van der Waals surface area contributed by atoms with Gasteiger partial charge < -0.3 is 10.1 Å². The number of hydrogen-bond acceptors (Lipinski definition) is 5. The van der Waals surface area contributed by atoms with E-state index in [1.54, 1.807) is 18.2 Å². The minimum Gasteiger partial charge on any atom is -0.489 e. The van der Waals surface area contributed by atoms with Gasteiger partial charge in [-0.2, -0.15) is 0 Å². The van der Waals surface area contributed by atoms with Gasteiger partial charge in [0, 0.05) is 23.9 Å². The van der Waals surface area contributed by atoms with Gasteiger partial charge in [-0.1, -0.05) is 39.8 Å². The van der Waals surface area contributed by atoms with Gasteiger partial charge in [-0.25, -0.2) is 9.40 Å². The average molecular weight is 466 g/mol. The van der Waals surface area contributed by atoms with E-state index >= 15 is 0 Å². The Morgan fingerprint density at radius 1 is 1.25 bits per heavy atom. The quantitative estimate of drug-likeness (QED) is 0.735. The smallest absolute Gasteiger partial charge is 0.241 e. The molecule has 2 aromatic rings. The maximum atomic E-state index is 13.1. The Labute approximate surface area is 174 Å². The largest absolute Gasteiger partial charge is 0.489 e. The second-order valence-electron chi connectivity index (χ2n) is 6.02. The van der Waals surface area contributed by atoms with Crippen molar-refractivity contribution in [3.63, 3.8) is 0 Å². The number of thioether (sulfide) groups is 1. The summed E-state index contributed by atoms with van der Waals surface area (Å²) < 4.78 is 19.8. The molecule has 0 saturated carbocycles. The molecule has 0 radical (unpaired) electrons. The predicted octanol–water partition coefficient (Wildman–Crippen LogP) is 4.17. The Kier molecular flexibility index (Phi) is 6.35. The number of amides is 2. The summed E-state index contributed by atoms with van der Waals surface area (Å²) in [5.74, 6) is -0.273. The molecule has 1 N–H and O–H groups in total.